The van der Waals surface area contributed by atoms with Gasteiger partial charge in [0.25, 0.3) is 0 Å². The Kier molecular flexibility index (Phi) is 5.58. The van der Waals surface area contributed by atoms with Crippen LogP contribution >= 0.6 is 0 Å². The van der Waals surface area contributed by atoms with Crippen molar-refractivity contribution in [2.45, 2.75) is 12.8 Å². The van der Waals surface area contributed by atoms with Crippen LogP contribution in [0.3, 0.4) is 0 Å². The molecule has 0 aliphatic rings. The predicted molar refractivity (Wildman–Crippen MR) is 89.6 cm³/mol. The predicted octanol–water partition coefficient (Wildman–Crippen LogP) is 3.59. The maximum Gasteiger partial charge on any atom is 0.303 e. The van der Waals surface area contributed by atoms with E-state index in [9.17, 15) is 15.2 Å². The average molecular weight is 323 g/mol. The van der Waals surface area contributed by atoms with E-state index in [0.29, 0.717) is 16.9 Å². The second kappa shape index (κ2) is 7.84. The van der Waals surface area contributed by atoms with Gasteiger partial charge in [-0.2, -0.15) is 5.26 Å². The van der Waals surface area contributed by atoms with Crippen LogP contribution in [0.25, 0.3) is 5.57 Å². The highest BCUT2D eigenvalue weighted by molar-refractivity contribution is 5.85. The first-order valence-electron chi connectivity index (χ1n) is 7.34. The molecule has 2 N–H and O–H groups in total. The Balaban J connectivity index is 2.56. The van der Waals surface area contributed by atoms with Gasteiger partial charge in [0, 0.05) is 11.1 Å². The van der Waals surface area contributed by atoms with E-state index in [1.807, 2.05) is 12.1 Å². The SMILES string of the molecule is COc1ccc(/C(=C(/C#N)CCC(=O)O)c2ccc(O)cc2)cc1. The summed E-state index contributed by atoms with van der Waals surface area (Å²) in [4.78, 5) is 10.9. The van der Waals surface area contributed by atoms with Gasteiger partial charge in [-0.3, -0.25) is 4.79 Å². The minimum atomic E-state index is -0.956. The Labute approximate surface area is 140 Å². The number of aliphatic carboxylic acids is 1. The summed E-state index contributed by atoms with van der Waals surface area (Å²) in [7, 11) is 1.57. The van der Waals surface area contributed by atoms with Crippen LogP contribution in [0, 0.1) is 11.3 Å². The normalized spacial score (nSPS) is 11.3. The Hall–Kier alpha value is -3.26. The summed E-state index contributed by atoms with van der Waals surface area (Å²) in [5.74, 6) is -0.146. The zero-order valence-electron chi connectivity index (χ0n) is 13.2. The van der Waals surface area contributed by atoms with Gasteiger partial charge >= 0.3 is 5.97 Å². The first-order chi connectivity index (χ1) is 11.5. The molecule has 0 fully saturated rings. The van der Waals surface area contributed by atoms with Gasteiger partial charge < -0.3 is 14.9 Å². The van der Waals surface area contributed by atoms with Crippen molar-refractivity contribution < 1.29 is 19.7 Å². The number of phenols is 1. The van der Waals surface area contributed by atoms with E-state index in [1.54, 1.807) is 31.4 Å². The second-order valence-electron chi connectivity index (χ2n) is 5.13. The molecule has 0 amide bonds. The van der Waals surface area contributed by atoms with Crippen molar-refractivity contribution in [1.29, 1.82) is 5.26 Å². The molecule has 0 aromatic heterocycles. The number of carboxylic acids is 1. The number of methoxy groups -OCH3 is 1. The number of allylic oxidation sites excluding steroid dienone is 1. The zero-order chi connectivity index (χ0) is 17.5. The van der Waals surface area contributed by atoms with E-state index >= 15 is 0 Å². The largest absolute Gasteiger partial charge is 0.508 e. The van der Waals surface area contributed by atoms with Gasteiger partial charge in [0.1, 0.15) is 11.5 Å². The number of carbonyl (C=O) groups is 1. The Morgan fingerprint density at radius 3 is 2.04 bits per heavy atom. The molecule has 5 heteroatoms. The fourth-order valence-electron chi connectivity index (χ4n) is 2.37. The molecule has 0 unspecified atom stereocenters. The fourth-order valence-corrected chi connectivity index (χ4v) is 2.37. The van der Waals surface area contributed by atoms with Crippen LogP contribution in [0.2, 0.25) is 0 Å². The lowest BCUT2D eigenvalue weighted by atomic mass is 9.91. The van der Waals surface area contributed by atoms with E-state index in [4.69, 9.17) is 9.84 Å². The second-order valence-corrected chi connectivity index (χ2v) is 5.13. The molecule has 24 heavy (non-hydrogen) atoms. The van der Waals surface area contributed by atoms with E-state index in [2.05, 4.69) is 6.07 Å². The van der Waals surface area contributed by atoms with Crippen LogP contribution in [0.1, 0.15) is 24.0 Å². The van der Waals surface area contributed by atoms with E-state index < -0.39 is 5.97 Å². The summed E-state index contributed by atoms with van der Waals surface area (Å²) in [5.41, 5.74) is 2.55. The molecule has 0 saturated heterocycles. The minimum Gasteiger partial charge on any atom is -0.508 e. The lowest BCUT2D eigenvalue weighted by molar-refractivity contribution is -0.136. The van der Waals surface area contributed by atoms with Crippen LogP contribution in [-0.4, -0.2) is 23.3 Å². The van der Waals surface area contributed by atoms with Gasteiger partial charge in [-0.05, 0) is 41.8 Å². The summed E-state index contributed by atoms with van der Waals surface area (Å²) < 4.78 is 5.14. The zero-order valence-corrected chi connectivity index (χ0v) is 13.2. The number of nitrogens with zero attached hydrogens (tertiary/aromatic N) is 1. The van der Waals surface area contributed by atoms with E-state index in [-0.39, 0.29) is 18.6 Å². The third-order valence-corrected chi connectivity index (χ3v) is 3.56. The molecule has 0 bridgehead atoms. The van der Waals surface area contributed by atoms with E-state index in [1.165, 1.54) is 12.1 Å². The Morgan fingerprint density at radius 1 is 1.04 bits per heavy atom. The highest BCUT2D eigenvalue weighted by atomic mass is 16.5. The van der Waals surface area contributed by atoms with E-state index in [0.717, 1.165) is 11.1 Å². The van der Waals surface area contributed by atoms with Crippen molar-refractivity contribution in [2.75, 3.05) is 7.11 Å². The van der Waals surface area contributed by atoms with Crippen molar-refractivity contribution in [1.82, 2.24) is 0 Å². The molecular weight excluding hydrogens is 306 g/mol. The molecular formula is C19H17NO4. The highest BCUT2D eigenvalue weighted by Gasteiger charge is 2.14. The number of hydrogen-bond acceptors (Lipinski definition) is 4. The van der Waals surface area contributed by atoms with Gasteiger partial charge in [-0.25, -0.2) is 0 Å². The topological polar surface area (TPSA) is 90.5 Å². The molecule has 2 aromatic rings. The number of carboxylic acid groups (broad SMARTS) is 1. The number of phenolic OH excluding ortho intramolecular Hbond substituents is 1. The minimum absolute atomic E-state index is 0.122. The molecule has 0 spiro atoms. The third kappa shape index (κ3) is 4.14. The van der Waals surface area contributed by atoms with Crippen LogP contribution in [-0.2, 0) is 4.79 Å². The lowest BCUT2D eigenvalue weighted by Gasteiger charge is -2.12. The molecule has 5 nitrogen and oxygen atoms in total. The summed E-state index contributed by atoms with van der Waals surface area (Å²) in [6.45, 7) is 0. The summed E-state index contributed by atoms with van der Waals surface area (Å²) in [5, 5.41) is 27.9. The average Bonchev–Trinajstić information content (AvgIpc) is 2.60. The summed E-state index contributed by atoms with van der Waals surface area (Å²) in [6.07, 6.45) is 0.00863. The molecule has 0 atom stereocenters. The number of nitriles is 1. The molecule has 0 aliphatic carbocycles. The first-order valence-corrected chi connectivity index (χ1v) is 7.34. The van der Waals surface area contributed by atoms with Crippen LogP contribution in [0.5, 0.6) is 11.5 Å². The maximum atomic E-state index is 10.9. The highest BCUT2D eigenvalue weighted by Crippen LogP contribution is 2.31. The van der Waals surface area contributed by atoms with Crippen molar-refractivity contribution in [2.24, 2.45) is 0 Å². The third-order valence-electron chi connectivity index (χ3n) is 3.56. The smallest absolute Gasteiger partial charge is 0.303 e. The number of ether oxygens (including phenoxy) is 1. The summed E-state index contributed by atoms with van der Waals surface area (Å²) >= 11 is 0. The van der Waals surface area contributed by atoms with Crippen molar-refractivity contribution in [3.63, 3.8) is 0 Å². The molecule has 0 saturated carbocycles. The molecule has 2 rings (SSSR count). The Bertz CT molecular complexity index is 784. The lowest BCUT2D eigenvalue weighted by Crippen LogP contribution is -1.99. The van der Waals surface area contributed by atoms with Crippen LogP contribution in [0.15, 0.2) is 54.1 Å². The number of aromatic hydroxyl groups is 1. The Morgan fingerprint density at radius 2 is 1.58 bits per heavy atom. The van der Waals surface area contributed by atoms with Crippen molar-refractivity contribution in [3.8, 4) is 17.6 Å². The van der Waals surface area contributed by atoms with Gasteiger partial charge in [-0.15, -0.1) is 0 Å². The maximum absolute atomic E-state index is 10.9. The fraction of sp³-hybridized carbons (Fsp3) is 0.158. The standard InChI is InChI=1S/C19H17NO4/c1-24-17-9-4-14(5-10-17)19(13-2-7-16(21)8-3-13)15(12-20)6-11-18(22)23/h2-5,7-10,21H,6,11H2,1H3,(H,22,23)/b19-15+. The molecule has 0 heterocycles. The number of benzene rings is 2. The molecule has 2 aromatic carbocycles. The monoisotopic (exact) mass is 323 g/mol. The van der Waals surface area contributed by atoms with Gasteiger partial charge in [0.2, 0.25) is 0 Å². The first kappa shape index (κ1) is 17.1. The molecule has 0 radical (unpaired) electrons. The quantitative estimate of drug-likeness (QED) is 0.793. The molecule has 122 valence electrons. The summed E-state index contributed by atoms with van der Waals surface area (Å²) in [6, 6.07) is 15.8. The van der Waals surface area contributed by atoms with Crippen LogP contribution in [0.4, 0.5) is 0 Å². The van der Waals surface area contributed by atoms with Gasteiger partial charge in [0.15, 0.2) is 0 Å². The number of hydrogen-bond donors (Lipinski definition) is 2. The van der Waals surface area contributed by atoms with Crippen LogP contribution < -0.4 is 4.74 Å². The molecule has 0 aliphatic heterocycles. The van der Waals surface area contributed by atoms with Crippen molar-refractivity contribution in [3.05, 3.63) is 65.2 Å². The number of rotatable bonds is 6. The van der Waals surface area contributed by atoms with Gasteiger partial charge in [-0.1, -0.05) is 24.3 Å². The van der Waals surface area contributed by atoms with Gasteiger partial charge in [0.05, 0.1) is 19.6 Å². The van der Waals surface area contributed by atoms with Crippen molar-refractivity contribution >= 4 is 11.5 Å².